The summed E-state index contributed by atoms with van der Waals surface area (Å²) in [5, 5.41) is 19.4. The first-order chi connectivity index (χ1) is 18.4. The molecular formula is C29H38O9S. The predicted molar refractivity (Wildman–Crippen MR) is 147 cm³/mol. The second kappa shape index (κ2) is 14.7. The van der Waals surface area contributed by atoms with Crippen LogP contribution in [-0.4, -0.2) is 55.1 Å². The van der Waals surface area contributed by atoms with Crippen molar-refractivity contribution in [1.29, 1.82) is 0 Å². The van der Waals surface area contributed by atoms with Crippen LogP contribution in [0.5, 0.6) is 17.2 Å². The lowest BCUT2D eigenvalue weighted by atomic mass is 10.0. The molecule has 0 unspecified atom stereocenters. The van der Waals surface area contributed by atoms with E-state index in [0.29, 0.717) is 41.9 Å². The van der Waals surface area contributed by atoms with Crippen LogP contribution in [0.15, 0.2) is 29.2 Å². The van der Waals surface area contributed by atoms with Crippen LogP contribution in [-0.2, 0) is 27.5 Å². The lowest BCUT2D eigenvalue weighted by Crippen LogP contribution is -2.14. The van der Waals surface area contributed by atoms with E-state index in [1.807, 2.05) is 13.8 Å². The third kappa shape index (κ3) is 8.54. The molecule has 0 heterocycles. The molecule has 0 saturated carbocycles. The number of hydrogen-bond acceptors (Lipinski definition) is 8. The third-order valence-electron chi connectivity index (χ3n) is 6.15. The second-order valence-corrected chi connectivity index (χ2v) is 11.4. The fourth-order valence-electron chi connectivity index (χ4n) is 4.30. The van der Waals surface area contributed by atoms with Crippen LogP contribution in [0, 0.1) is 0 Å². The zero-order valence-corrected chi connectivity index (χ0v) is 23.9. The van der Waals surface area contributed by atoms with Crippen LogP contribution in [0.4, 0.5) is 0 Å². The maximum absolute atomic E-state index is 13.2. The van der Waals surface area contributed by atoms with Gasteiger partial charge in [-0.25, -0.2) is 8.42 Å². The van der Waals surface area contributed by atoms with E-state index in [-0.39, 0.29) is 71.6 Å². The lowest BCUT2D eigenvalue weighted by Gasteiger charge is -2.19. The number of carbonyl (C=O) groups is 3. The van der Waals surface area contributed by atoms with E-state index < -0.39 is 15.8 Å². The molecule has 0 saturated heterocycles. The second-order valence-electron chi connectivity index (χ2n) is 9.34. The first-order valence-corrected chi connectivity index (χ1v) is 14.8. The summed E-state index contributed by atoms with van der Waals surface area (Å²) < 4.78 is 38.1. The number of carboxylic acids is 1. The van der Waals surface area contributed by atoms with Gasteiger partial charge in [0, 0.05) is 17.5 Å². The Hall–Kier alpha value is -3.40. The fourth-order valence-corrected chi connectivity index (χ4v) is 5.86. The average Bonchev–Trinajstić information content (AvgIpc) is 2.86. The van der Waals surface area contributed by atoms with Crippen molar-refractivity contribution in [1.82, 2.24) is 0 Å². The molecule has 0 aromatic heterocycles. The summed E-state index contributed by atoms with van der Waals surface area (Å²) in [6.45, 7) is 6.77. The van der Waals surface area contributed by atoms with Gasteiger partial charge in [0.2, 0.25) is 0 Å². The van der Waals surface area contributed by atoms with Crippen molar-refractivity contribution in [2.24, 2.45) is 0 Å². The van der Waals surface area contributed by atoms with Crippen LogP contribution in [0.25, 0.3) is 0 Å². The quantitative estimate of drug-likeness (QED) is 0.197. The van der Waals surface area contributed by atoms with Crippen LogP contribution >= 0.6 is 0 Å². The lowest BCUT2D eigenvalue weighted by molar-refractivity contribution is -0.137. The molecule has 2 N–H and O–H groups in total. The number of aromatic hydroxyl groups is 1. The van der Waals surface area contributed by atoms with Crippen LogP contribution in [0.3, 0.4) is 0 Å². The molecule has 2 aromatic rings. The number of ketones is 2. The normalized spacial score (nSPS) is 11.3. The van der Waals surface area contributed by atoms with Gasteiger partial charge in [-0.1, -0.05) is 26.7 Å². The Bertz CT molecular complexity index is 1300. The zero-order chi connectivity index (χ0) is 29.2. The van der Waals surface area contributed by atoms with E-state index in [4.69, 9.17) is 14.6 Å². The largest absolute Gasteiger partial charge is 0.507 e. The predicted octanol–water partition coefficient (Wildman–Crippen LogP) is 5.19. The summed E-state index contributed by atoms with van der Waals surface area (Å²) in [6.07, 6.45) is 2.58. The van der Waals surface area contributed by atoms with Gasteiger partial charge >= 0.3 is 5.97 Å². The van der Waals surface area contributed by atoms with Crippen molar-refractivity contribution in [3.8, 4) is 17.2 Å². The van der Waals surface area contributed by atoms with Crippen molar-refractivity contribution < 1.29 is 42.5 Å². The number of carbonyl (C=O) groups excluding carboxylic acids is 2. The smallest absolute Gasteiger partial charge is 0.303 e. The summed E-state index contributed by atoms with van der Waals surface area (Å²) in [5.74, 6) is -1.14. The molecule has 0 fully saturated rings. The molecule has 0 amide bonds. The van der Waals surface area contributed by atoms with E-state index in [9.17, 15) is 27.9 Å². The molecule has 0 atom stereocenters. The van der Waals surface area contributed by atoms with Crippen LogP contribution in [0.1, 0.15) is 91.6 Å². The minimum absolute atomic E-state index is 0.0152. The molecule has 0 aliphatic rings. The molecule has 0 aliphatic carbocycles. The van der Waals surface area contributed by atoms with Gasteiger partial charge in [-0.05, 0) is 63.8 Å². The number of carboxylic acid groups (broad SMARTS) is 1. The molecule has 9 nitrogen and oxygen atoms in total. The number of phenolic OH excluding ortho intramolecular Hbond substituents is 1. The van der Waals surface area contributed by atoms with Crippen molar-refractivity contribution in [3.05, 3.63) is 46.5 Å². The Morgan fingerprint density at radius 1 is 0.821 bits per heavy atom. The summed E-state index contributed by atoms with van der Waals surface area (Å²) in [5.41, 5.74) is 1.40. The molecule has 214 valence electrons. The maximum Gasteiger partial charge on any atom is 0.303 e. The Kier molecular flexibility index (Phi) is 12.0. The van der Waals surface area contributed by atoms with Gasteiger partial charge in [-0.3, -0.25) is 14.4 Å². The van der Waals surface area contributed by atoms with Gasteiger partial charge in [0.15, 0.2) is 21.4 Å². The minimum Gasteiger partial charge on any atom is -0.507 e. The molecule has 10 heteroatoms. The standard InChI is InChI=1S/C29H38O9S/c1-5-9-23-25(14-12-22(20(4)31)29(23)38-16-7-11-27(32)33)37-17-8-18-39(35,36)26-15-13-21(19(3)30)28(34)24(26)10-6-2/h12-15,34H,5-11,16-18H2,1-4H3,(H,32,33). The van der Waals surface area contributed by atoms with Gasteiger partial charge in [0.25, 0.3) is 0 Å². The molecule has 2 rings (SSSR count). The van der Waals surface area contributed by atoms with Crippen molar-refractivity contribution in [2.45, 2.75) is 77.5 Å². The van der Waals surface area contributed by atoms with E-state index in [0.717, 1.165) is 6.42 Å². The van der Waals surface area contributed by atoms with E-state index >= 15 is 0 Å². The van der Waals surface area contributed by atoms with Gasteiger partial charge in [-0.15, -0.1) is 0 Å². The van der Waals surface area contributed by atoms with Gasteiger partial charge in [0.05, 0.1) is 35.0 Å². The topological polar surface area (TPSA) is 144 Å². The van der Waals surface area contributed by atoms with Gasteiger partial charge in [-0.2, -0.15) is 0 Å². The van der Waals surface area contributed by atoms with Crippen LogP contribution in [0.2, 0.25) is 0 Å². The number of hydrogen-bond donors (Lipinski definition) is 2. The first-order valence-electron chi connectivity index (χ1n) is 13.2. The highest BCUT2D eigenvalue weighted by atomic mass is 32.2. The van der Waals surface area contributed by atoms with Gasteiger partial charge < -0.3 is 19.7 Å². The highest BCUT2D eigenvalue weighted by Gasteiger charge is 2.24. The summed E-state index contributed by atoms with van der Waals surface area (Å²) in [7, 11) is -3.77. The molecule has 0 bridgehead atoms. The molecule has 0 aliphatic heterocycles. The number of Topliss-reactive ketones (excluding diaryl/α,β-unsaturated/α-hetero) is 2. The highest BCUT2D eigenvalue weighted by Crippen LogP contribution is 2.35. The van der Waals surface area contributed by atoms with E-state index in [1.54, 1.807) is 12.1 Å². The Morgan fingerprint density at radius 2 is 1.41 bits per heavy atom. The van der Waals surface area contributed by atoms with Crippen molar-refractivity contribution >= 4 is 27.4 Å². The fraction of sp³-hybridized carbons (Fsp3) is 0.483. The third-order valence-corrected chi connectivity index (χ3v) is 8.03. The Morgan fingerprint density at radius 3 is 2.00 bits per heavy atom. The SMILES string of the molecule is CCCc1c(S(=O)(=O)CCCOc2ccc(C(C)=O)c(OCCCC(=O)O)c2CCC)ccc(C(C)=O)c1O. The number of rotatable bonds is 17. The molecular weight excluding hydrogens is 524 g/mol. The minimum atomic E-state index is -3.77. The zero-order valence-electron chi connectivity index (χ0n) is 23.0. The van der Waals surface area contributed by atoms with Crippen molar-refractivity contribution in [2.75, 3.05) is 19.0 Å². The Labute approximate surface area is 230 Å². The van der Waals surface area contributed by atoms with Gasteiger partial charge in [0.1, 0.15) is 17.2 Å². The molecule has 0 radical (unpaired) electrons. The van der Waals surface area contributed by atoms with Crippen LogP contribution < -0.4 is 9.47 Å². The monoisotopic (exact) mass is 562 g/mol. The molecule has 0 spiro atoms. The summed E-state index contributed by atoms with van der Waals surface area (Å²) >= 11 is 0. The van der Waals surface area contributed by atoms with E-state index in [1.165, 1.54) is 26.0 Å². The van der Waals surface area contributed by atoms with Crippen molar-refractivity contribution in [3.63, 3.8) is 0 Å². The summed E-state index contributed by atoms with van der Waals surface area (Å²) in [4.78, 5) is 34.9. The number of phenols is 1. The molecule has 2 aromatic carbocycles. The highest BCUT2D eigenvalue weighted by molar-refractivity contribution is 7.91. The number of sulfone groups is 1. The first kappa shape index (κ1) is 31.8. The number of ether oxygens (including phenoxy) is 2. The Balaban J connectivity index is 2.22. The average molecular weight is 563 g/mol. The summed E-state index contributed by atoms with van der Waals surface area (Å²) in [6, 6.07) is 5.98. The van der Waals surface area contributed by atoms with E-state index in [2.05, 4.69) is 0 Å². The molecule has 39 heavy (non-hydrogen) atoms. The number of aliphatic carboxylic acids is 1. The number of benzene rings is 2. The maximum atomic E-state index is 13.2.